The third-order valence-corrected chi connectivity index (χ3v) is 12.7. The van der Waals surface area contributed by atoms with Gasteiger partial charge in [0.2, 0.25) is 0 Å². The first kappa shape index (κ1) is 50.2. The van der Waals surface area contributed by atoms with Gasteiger partial charge in [-0.3, -0.25) is 20.0 Å². The van der Waals surface area contributed by atoms with Gasteiger partial charge in [-0.15, -0.1) is 0 Å². The molecule has 0 unspecified atom stereocenters. The number of aliphatic imine (C=N–C) groups is 4. The molecule has 0 N–H and O–H groups in total. The van der Waals surface area contributed by atoms with Crippen molar-refractivity contribution in [3.63, 3.8) is 0 Å². The van der Waals surface area contributed by atoms with E-state index in [-0.39, 0.29) is 11.8 Å². The largest absolute Gasteiger partial charge is 0.257 e. The van der Waals surface area contributed by atoms with Gasteiger partial charge >= 0.3 is 0 Å². The van der Waals surface area contributed by atoms with Crippen LogP contribution in [-0.2, 0) is 0 Å². The molecule has 4 heteroatoms. The van der Waals surface area contributed by atoms with Crippen LogP contribution in [0.5, 0.6) is 0 Å². The Morgan fingerprint density at radius 2 is 0.387 bits per heavy atom. The highest BCUT2D eigenvalue weighted by Crippen LogP contribution is 2.42. The van der Waals surface area contributed by atoms with Gasteiger partial charge in [-0.1, -0.05) is 184 Å². The van der Waals surface area contributed by atoms with E-state index in [0.29, 0.717) is 47.3 Å². The van der Waals surface area contributed by atoms with E-state index in [1.807, 2.05) is 0 Å². The van der Waals surface area contributed by atoms with Crippen molar-refractivity contribution < 1.29 is 0 Å². The van der Waals surface area contributed by atoms with E-state index >= 15 is 0 Å². The van der Waals surface area contributed by atoms with Gasteiger partial charge in [0, 0.05) is 34.7 Å². The summed E-state index contributed by atoms with van der Waals surface area (Å²) in [7, 11) is 0. The van der Waals surface area contributed by atoms with E-state index < -0.39 is 0 Å². The van der Waals surface area contributed by atoms with Crippen LogP contribution in [0.15, 0.2) is 92.8 Å². The molecule has 4 aromatic carbocycles. The highest BCUT2D eigenvalue weighted by Gasteiger charge is 2.34. The second-order valence-electron chi connectivity index (χ2n) is 20.3. The maximum atomic E-state index is 5.79. The summed E-state index contributed by atoms with van der Waals surface area (Å²) in [4.78, 5) is 23.2. The Morgan fingerprint density at radius 1 is 0.258 bits per heavy atom. The molecule has 0 atom stereocenters. The SMILES string of the molecule is CC(=Nc1c(C(C)C)cccc1C(C)C)C(C(C)=Nc1c(C(C)C)cccc1C(C)C)C(C(C)=Nc1c(C(C)C)cccc1C(C)C)C(C)=Nc1c(C(C)C)cccc1C(C)C. The van der Waals surface area contributed by atoms with Crippen molar-refractivity contribution in [2.24, 2.45) is 31.8 Å². The van der Waals surface area contributed by atoms with Crippen LogP contribution >= 0.6 is 0 Å². The minimum absolute atomic E-state index is 0.245. The fourth-order valence-corrected chi connectivity index (χ4v) is 9.12. The summed E-state index contributed by atoms with van der Waals surface area (Å²) in [6.45, 7) is 45.4. The molecule has 334 valence electrons. The molecule has 62 heavy (non-hydrogen) atoms. The maximum absolute atomic E-state index is 5.79. The lowest BCUT2D eigenvalue weighted by Gasteiger charge is -2.30. The summed E-state index contributed by atoms with van der Waals surface area (Å²) in [6.07, 6.45) is 0. The van der Waals surface area contributed by atoms with Crippen LogP contribution in [0.4, 0.5) is 22.7 Å². The van der Waals surface area contributed by atoms with Crippen molar-refractivity contribution >= 4 is 45.6 Å². The first-order valence-electron chi connectivity index (χ1n) is 23.8. The summed E-state index contributed by atoms with van der Waals surface area (Å²) in [5.41, 5.74) is 18.5. The summed E-state index contributed by atoms with van der Waals surface area (Å²) in [6, 6.07) is 26.9. The smallest absolute Gasteiger partial charge is 0.0698 e. The van der Waals surface area contributed by atoms with E-state index in [1.54, 1.807) is 0 Å². The molecular formula is C58H82N4. The Balaban J connectivity index is 2.29. The summed E-state index contributed by atoms with van der Waals surface area (Å²) in [5, 5.41) is 0. The molecule has 4 nitrogen and oxygen atoms in total. The minimum Gasteiger partial charge on any atom is -0.257 e. The molecule has 0 amide bonds. The summed E-state index contributed by atoms with van der Waals surface area (Å²) < 4.78 is 0. The lowest BCUT2D eigenvalue weighted by molar-refractivity contribution is 0.794. The van der Waals surface area contributed by atoms with Gasteiger partial charge in [0.15, 0.2) is 0 Å². The van der Waals surface area contributed by atoms with Crippen molar-refractivity contribution in [3.05, 3.63) is 117 Å². The fourth-order valence-electron chi connectivity index (χ4n) is 9.12. The average molecular weight is 835 g/mol. The lowest BCUT2D eigenvalue weighted by atomic mass is 9.78. The van der Waals surface area contributed by atoms with Gasteiger partial charge in [0.05, 0.1) is 22.7 Å². The summed E-state index contributed by atoms with van der Waals surface area (Å²) >= 11 is 0. The van der Waals surface area contributed by atoms with E-state index in [9.17, 15) is 0 Å². The predicted octanol–water partition coefficient (Wildman–Crippen LogP) is 18.4. The molecule has 0 aliphatic heterocycles. The molecule has 0 heterocycles. The highest BCUT2D eigenvalue weighted by molar-refractivity contribution is 6.19. The molecule has 0 bridgehead atoms. The van der Waals surface area contributed by atoms with Crippen LogP contribution in [0.25, 0.3) is 0 Å². The van der Waals surface area contributed by atoms with E-state index in [2.05, 4.69) is 211 Å². The number of rotatable bonds is 17. The average Bonchev–Trinajstić information content (AvgIpc) is 3.18. The Bertz CT molecular complexity index is 1850. The van der Waals surface area contributed by atoms with Gasteiger partial charge in [0.25, 0.3) is 0 Å². The molecular weight excluding hydrogens is 753 g/mol. The van der Waals surface area contributed by atoms with Gasteiger partial charge in [-0.25, -0.2) is 0 Å². The Labute approximate surface area is 379 Å². The van der Waals surface area contributed by atoms with Crippen LogP contribution in [0.2, 0.25) is 0 Å². The number of nitrogens with zero attached hydrogens (tertiary/aromatic N) is 4. The van der Waals surface area contributed by atoms with E-state index in [1.165, 1.54) is 44.5 Å². The zero-order valence-electron chi connectivity index (χ0n) is 42.5. The topological polar surface area (TPSA) is 49.4 Å². The standard InChI is InChI=1S/C58H82N4/c1-33(2)45-25-21-26-46(34(3)4)55(45)59-41(17)53(42(18)60-56-47(35(5)6)27-22-28-48(56)36(7)8)54(43(19)61-57-49(37(9)10)29-23-30-50(57)38(11)12)44(20)62-58-51(39(13)14)31-24-32-52(58)40(15)16/h21-40,53-54H,1-20H3. The minimum atomic E-state index is -0.245. The third kappa shape index (κ3) is 11.6. The van der Waals surface area contributed by atoms with Crippen molar-refractivity contribution in [1.82, 2.24) is 0 Å². The Kier molecular flexibility index (Phi) is 17.6. The molecule has 0 fully saturated rings. The van der Waals surface area contributed by atoms with Gasteiger partial charge in [0.1, 0.15) is 0 Å². The van der Waals surface area contributed by atoms with Crippen LogP contribution in [0.3, 0.4) is 0 Å². The van der Waals surface area contributed by atoms with Crippen molar-refractivity contribution in [1.29, 1.82) is 0 Å². The molecule has 0 radical (unpaired) electrons. The molecule has 0 saturated carbocycles. The van der Waals surface area contributed by atoms with Crippen molar-refractivity contribution in [2.45, 2.75) is 186 Å². The second kappa shape index (κ2) is 21.8. The van der Waals surface area contributed by atoms with Crippen LogP contribution < -0.4 is 0 Å². The zero-order chi connectivity index (χ0) is 46.3. The van der Waals surface area contributed by atoms with Crippen molar-refractivity contribution in [3.8, 4) is 0 Å². The molecule has 0 spiro atoms. The van der Waals surface area contributed by atoms with Gasteiger partial charge in [-0.2, -0.15) is 0 Å². The second-order valence-corrected chi connectivity index (χ2v) is 20.3. The first-order chi connectivity index (χ1) is 29.1. The van der Waals surface area contributed by atoms with Crippen LogP contribution in [0, 0.1) is 11.8 Å². The lowest BCUT2D eigenvalue weighted by Crippen LogP contribution is -2.37. The molecule has 0 aliphatic carbocycles. The normalized spacial score (nSPS) is 14.6. The van der Waals surface area contributed by atoms with Gasteiger partial charge < -0.3 is 0 Å². The number of hydrogen-bond acceptors (Lipinski definition) is 4. The number of para-hydroxylation sites is 4. The van der Waals surface area contributed by atoms with Crippen LogP contribution in [-0.4, -0.2) is 22.8 Å². The van der Waals surface area contributed by atoms with Crippen LogP contribution in [0.1, 0.15) is 230 Å². The van der Waals surface area contributed by atoms with Gasteiger partial charge in [-0.05, 0) is 120 Å². The molecule has 4 rings (SSSR count). The molecule has 0 saturated heterocycles. The Morgan fingerprint density at radius 3 is 0.500 bits per heavy atom. The highest BCUT2D eigenvalue weighted by atomic mass is 14.9. The first-order valence-corrected chi connectivity index (χ1v) is 23.8. The molecule has 0 aliphatic rings. The van der Waals surface area contributed by atoms with Crippen molar-refractivity contribution in [2.75, 3.05) is 0 Å². The molecule has 0 aromatic heterocycles. The molecule has 4 aromatic rings. The quantitative estimate of drug-likeness (QED) is 0.0952. The van der Waals surface area contributed by atoms with E-state index in [0.717, 1.165) is 45.6 Å². The number of hydrogen-bond donors (Lipinski definition) is 0. The third-order valence-electron chi connectivity index (χ3n) is 12.7. The van der Waals surface area contributed by atoms with E-state index in [4.69, 9.17) is 20.0 Å². The maximum Gasteiger partial charge on any atom is 0.0698 e. The summed E-state index contributed by atoms with van der Waals surface area (Å²) in [5.74, 6) is 2.00. The fraction of sp³-hybridized carbons (Fsp3) is 0.517. The zero-order valence-corrected chi connectivity index (χ0v) is 42.5. The Hall–Kier alpha value is -4.44. The predicted molar refractivity (Wildman–Crippen MR) is 277 cm³/mol. The number of benzene rings is 4. The monoisotopic (exact) mass is 835 g/mol.